The van der Waals surface area contributed by atoms with E-state index in [0.29, 0.717) is 0 Å². The van der Waals surface area contributed by atoms with Gasteiger partial charge in [0.15, 0.2) is 0 Å². The predicted octanol–water partition coefficient (Wildman–Crippen LogP) is 3.61. The molecule has 1 aliphatic carbocycles. The molecule has 0 fully saturated rings. The second-order valence-corrected chi connectivity index (χ2v) is 20.0. The summed E-state index contributed by atoms with van der Waals surface area (Å²) in [5.41, 5.74) is 12.9. The van der Waals surface area contributed by atoms with Crippen molar-refractivity contribution in [3.8, 4) is 11.1 Å². The number of halogens is 2. The molecular weight excluding hydrogens is 647 g/mol. The summed E-state index contributed by atoms with van der Waals surface area (Å²) in [4.78, 5) is 0. The fourth-order valence-corrected chi connectivity index (χ4v) is 7.58. The van der Waals surface area contributed by atoms with Crippen LogP contribution in [0.3, 0.4) is 0 Å². The van der Waals surface area contributed by atoms with Crippen molar-refractivity contribution in [1.29, 1.82) is 0 Å². The van der Waals surface area contributed by atoms with Gasteiger partial charge >= 0.3 is 63.8 Å². The molecule has 0 aromatic heterocycles. The van der Waals surface area contributed by atoms with Crippen LogP contribution in [0.4, 0.5) is 0 Å². The van der Waals surface area contributed by atoms with E-state index in [4.69, 9.17) is 0 Å². The van der Waals surface area contributed by atoms with Crippen LogP contribution in [0.2, 0.25) is 19.6 Å². The SMILES string of the molecule is CC(C)(C)c1[c-]c2c(cc1)-c1ccc(C(C)(C)C)cc1C2.Cc1cc([Si](C)(C)C)c(C)[cH-]1.[Cl-].[Cl-].[Zr+2]=[CH]c1ccccc1. The zero-order valence-electron chi connectivity index (χ0n) is 27.5. The molecule has 0 saturated carbocycles. The second kappa shape index (κ2) is 15.5. The first-order chi connectivity index (χ1) is 18.5. The summed E-state index contributed by atoms with van der Waals surface area (Å²) in [7, 11) is -1.06. The van der Waals surface area contributed by atoms with Gasteiger partial charge in [-0.2, -0.15) is 46.1 Å². The van der Waals surface area contributed by atoms with Gasteiger partial charge in [0.25, 0.3) is 0 Å². The first-order valence-corrected chi connectivity index (χ1v) is 19.4. The number of hydrogen-bond donors (Lipinski definition) is 0. The van der Waals surface area contributed by atoms with E-state index in [1.54, 1.807) is 5.19 Å². The molecule has 0 amide bonds. The van der Waals surface area contributed by atoms with E-state index >= 15 is 0 Å². The molecule has 0 bridgehead atoms. The average molecular weight is 695 g/mol. The molecule has 224 valence electrons. The molecule has 0 nitrogen and oxygen atoms in total. The van der Waals surface area contributed by atoms with E-state index in [9.17, 15) is 0 Å². The number of fused-ring (bicyclic) bond motifs is 3. The van der Waals surface area contributed by atoms with Crippen LogP contribution in [0.15, 0.2) is 72.8 Å². The third-order valence-electron chi connectivity index (χ3n) is 7.48. The number of benzene rings is 3. The fourth-order valence-electron chi connectivity index (χ4n) is 5.19. The Balaban J connectivity index is 0.000000354. The van der Waals surface area contributed by atoms with Gasteiger partial charge in [0.2, 0.25) is 0 Å². The third kappa shape index (κ3) is 10.3. The zero-order chi connectivity index (χ0) is 29.9. The summed E-state index contributed by atoms with van der Waals surface area (Å²) in [6, 6.07) is 30.1. The Morgan fingerprint density at radius 3 is 1.81 bits per heavy atom. The number of rotatable bonds is 2. The summed E-state index contributed by atoms with van der Waals surface area (Å²) in [6.45, 7) is 25.2. The summed E-state index contributed by atoms with van der Waals surface area (Å²) < 4.78 is 2.17. The van der Waals surface area contributed by atoms with Gasteiger partial charge in [0, 0.05) is 8.07 Å². The molecule has 0 unspecified atom stereocenters. The monoisotopic (exact) mass is 692 g/mol. The number of hydrogen-bond acceptors (Lipinski definition) is 0. The molecular formula is C38H48Cl2SiZr-2. The molecule has 0 N–H and O–H groups in total. The molecule has 0 saturated heterocycles. The number of aryl methyl sites for hydroxylation is 2. The van der Waals surface area contributed by atoms with Crippen molar-refractivity contribution >= 4 is 17.0 Å². The van der Waals surface area contributed by atoms with Crippen molar-refractivity contribution in [2.45, 2.75) is 92.3 Å². The molecule has 4 aromatic carbocycles. The summed E-state index contributed by atoms with van der Waals surface area (Å²) in [5, 5.41) is 1.62. The first kappa shape index (κ1) is 38.6. The van der Waals surface area contributed by atoms with Crippen LogP contribution < -0.4 is 30.0 Å². The topological polar surface area (TPSA) is 0 Å². The molecule has 0 spiro atoms. The Morgan fingerprint density at radius 2 is 1.38 bits per heavy atom. The van der Waals surface area contributed by atoms with E-state index in [1.165, 1.54) is 74.3 Å². The van der Waals surface area contributed by atoms with Gasteiger partial charge < -0.3 is 24.8 Å². The molecule has 0 radical (unpaired) electrons. The van der Waals surface area contributed by atoms with Crippen molar-refractivity contribution in [2.75, 3.05) is 0 Å². The quantitative estimate of drug-likeness (QED) is 0.196. The summed E-state index contributed by atoms with van der Waals surface area (Å²) in [6.07, 6.45) is 1.03. The molecule has 5 rings (SSSR count). The molecule has 4 heteroatoms. The zero-order valence-corrected chi connectivity index (χ0v) is 32.4. The van der Waals surface area contributed by atoms with Crippen molar-refractivity contribution in [3.63, 3.8) is 0 Å². The van der Waals surface area contributed by atoms with Crippen molar-refractivity contribution < 1.29 is 49.0 Å². The molecule has 0 atom stereocenters. The van der Waals surface area contributed by atoms with Gasteiger partial charge in [-0.15, -0.1) is 11.1 Å². The van der Waals surface area contributed by atoms with Crippen molar-refractivity contribution in [1.82, 2.24) is 0 Å². The van der Waals surface area contributed by atoms with Crippen molar-refractivity contribution in [2.24, 2.45) is 0 Å². The van der Waals surface area contributed by atoms with Crippen LogP contribution in [0, 0.1) is 19.9 Å². The average Bonchev–Trinajstić information content (AvgIpc) is 3.42. The summed E-state index contributed by atoms with van der Waals surface area (Å²) in [5.74, 6) is 0. The van der Waals surface area contributed by atoms with Gasteiger partial charge in [0.1, 0.15) is 0 Å². The van der Waals surface area contributed by atoms with E-state index in [0.717, 1.165) is 6.42 Å². The molecule has 1 aliphatic rings. The Kier molecular flexibility index (Phi) is 14.3. The molecule has 0 aliphatic heterocycles. The Labute approximate surface area is 285 Å². The van der Waals surface area contributed by atoms with Crippen LogP contribution in [0.1, 0.15) is 80.5 Å². The predicted molar refractivity (Wildman–Crippen MR) is 177 cm³/mol. The Morgan fingerprint density at radius 1 is 0.786 bits per heavy atom. The molecule has 42 heavy (non-hydrogen) atoms. The van der Waals surface area contributed by atoms with Gasteiger partial charge in [-0.1, -0.05) is 98.8 Å². The van der Waals surface area contributed by atoms with E-state index in [2.05, 4.69) is 152 Å². The minimum absolute atomic E-state index is 0. The molecule has 4 aromatic rings. The van der Waals surface area contributed by atoms with Crippen LogP contribution in [-0.4, -0.2) is 11.8 Å². The summed E-state index contributed by atoms with van der Waals surface area (Å²) >= 11 is 1.46. The van der Waals surface area contributed by atoms with Crippen LogP contribution in [-0.2, 0) is 41.5 Å². The van der Waals surface area contributed by atoms with Crippen LogP contribution in [0.5, 0.6) is 0 Å². The Bertz CT molecular complexity index is 1380. The van der Waals surface area contributed by atoms with E-state index < -0.39 is 8.07 Å². The van der Waals surface area contributed by atoms with E-state index in [1.807, 2.05) is 6.07 Å². The van der Waals surface area contributed by atoms with Gasteiger partial charge in [-0.05, 0) is 28.4 Å². The maximum atomic E-state index is 3.67. The first-order valence-electron chi connectivity index (χ1n) is 14.5. The van der Waals surface area contributed by atoms with Crippen LogP contribution >= 0.6 is 0 Å². The standard InChI is InChI=1S/C21H25.C10H17Si.C7H6.2ClH.Zr/c1-20(2,3)16-7-9-18-14(12-16)11-15-13-17(21(4,5)6)8-10-19(15)18;1-8-6-9(2)10(7-8)11(3,4)5;1-7-5-3-2-4-6-7;;;/h7-10,12H,11H2,1-6H3;6-7H,1-5H3;1-6H;2*1H;/q2*-1;;;;+2/p-2. The minimum atomic E-state index is -1.06. The van der Waals surface area contributed by atoms with Gasteiger partial charge in [0.05, 0.1) is 0 Å². The fraction of sp³-hybridized carbons (Fsp3) is 0.368. The Hall–Kier alpha value is -1.44. The van der Waals surface area contributed by atoms with Gasteiger partial charge in [-0.3, -0.25) is 0 Å². The normalized spacial score (nSPS) is 11.8. The second-order valence-electron chi connectivity index (χ2n) is 14.2. The van der Waals surface area contributed by atoms with E-state index in [-0.39, 0.29) is 35.6 Å². The molecule has 0 heterocycles. The maximum absolute atomic E-state index is 3.67. The van der Waals surface area contributed by atoms with Crippen molar-refractivity contribution in [3.05, 3.63) is 118 Å². The third-order valence-corrected chi connectivity index (χ3v) is 10.5. The van der Waals surface area contributed by atoms with Gasteiger partial charge in [-0.25, -0.2) is 6.07 Å². The van der Waals surface area contributed by atoms with Crippen LogP contribution in [0.25, 0.3) is 11.1 Å².